The van der Waals surface area contributed by atoms with E-state index in [9.17, 15) is 19.2 Å². The Morgan fingerprint density at radius 3 is 2.43 bits per heavy atom. The van der Waals surface area contributed by atoms with Crippen LogP contribution in [0.3, 0.4) is 0 Å². The van der Waals surface area contributed by atoms with Crippen LogP contribution in [-0.4, -0.2) is 62.3 Å². The van der Waals surface area contributed by atoms with E-state index in [0.29, 0.717) is 0 Å². The molecule has 2 aromatic heterocycles. The van der Waals surface area contributed by atoms with Crippen molar-refractivity contribution in [2.75, 3.05) is 6.61 Å². The number of nitrogens with one attached hydrogen (secondary N) is 1. The van der Waals surface area contributed by atoms with Crippen molar-refractivity contribution in [3.8, 4) is 0 Å². The number of hydrogen-bond acceptors (Lipinski definition) is 10. The lowest BCUT2D eigenvalue weighted by Crippen LogP contribution is -2.40. The van der Waals surface area contributed by atoms with Crippen molar-refractivity contribution in [3.05, 3.63) is 23.0 Å². The van der Waals surface area contributed by atoms with Crippen molar-refractivity contribution in [3.63, 3.8) is 0 Å². The number of aromatic amines is 1. The summed E-state index contributed by atoms with van der Waals surface area (Å²) in [7, 11) is 0. The number of hydrogen-bond donors (Lipinski definition) is 1. The third-order valence-electron chi connectivity index (χ3n) is 3.99. The van der Waals surface area contributed by atoms with Gasteiger partial charge >= 0.3 is 17.9 Å². The molecule has 0 aromatic carbocycles. The van der Waals surface area contributed by atoms with Gasteiger partial charge in [-0.25, -0.2) is 9.97 Å². The molecular weight excluding hydrogens is 376 g/mol. The van der Waals surface area contributed by atoms with Gasteiger partial charge in [0.2, 0.25) is 0 Å². The van der Waals surface area contributed by atoms with Crippen LogP contribution in [0.2, 0.25) is 0 Å². The summed E-state index contributed by atoms with van der Waals surface area (Å²) in [5.74, 6) is -1.86. The van der Waals surface area contributed by atoms with Gasteiger partial charge in [-0.3, -0.25) is 23.7 Å². The number of aromatic nitrogens is 4. The number of carbonyl (C=O) groups excluding carboxylic acids is 3. The lowest BCUT2D eigenvalue weighted by molar-refractivity contribution is -0.166. The van der Waals surface area contributed by atoms with E-state index in [1.807, 2.05) is 0 Å². The summed E-state index contributed by atoms with van der Waals surface area (Å²) in [5.41, 5.74) is -0.249. The van der Waals surface area contributed by atoms with Crippen molar-refractivity contribution in [2.24, 2.45) is 0 Å². The maximum atomic E-state index is 12.2. The minimum absolute atomic E-state index is 0.0827. The zero-order valence-corrected chi connectivity index (χ0v) is 15.3. The molecule has 1 fully saturated rings. The number of rotatable bonds is 5. The van der Waals surface area contributed by atoms with Crippen LogP contribution < -0.4 is 5.56 Å². The molecule has 28 heavy (non-hydrogen) atoms. The smallest absolute Gasteiger partial charge is 0.303 e. The third-order valence-corrected chi connectivity index (χ3v) is 3.99. The molecule has 0 aliphatic carbocycles. The van der Waals surface area contributed by atoms with E-state index >= 15 is 0 Å². The molecule has 0 saturated carbocycles. The summed E-state index contributed by atoms with van der Waals surface area (Å²) >= 11 is 0. The van der Waals surface area contributed by atoms with Gasteiger partial charge in [0, 0.05) is 20.8 Å². The molecule has 1 aliphatic heterocycles. The van der Waals surface area contributed by atoms with Crippen LogP contribution in [0, 0.1) is 0 Å². The van der Waals surface area contributed by atoms with Gasteiger partial charge in [-0.1, -0.05) is 0 Å². The Morgan fingerprint density at radius 2 is 1.79 bits per heavy atom. The van der Waals surface area contributed by atoms with Crippen LogP contribution in [0.1, 0.15) is 27.0 Å². The van der Waals surface area contributed by atoms with Gasteiger partial charge in [-0.05, 0) is 0 Å². The van der Waals surface area contributed by atoms with E-state index in [-0.39, 0.29) is 17.8 Å². The van der Waals surface area contributed by atoms with E-state index in [4.69, 9.17) is 18.9 Å². The zero-order chi connectivity index (χ0) is 20.4. The largest absolute Gasteiger partial charge is 0.463 e. The molecule has 3 rings (SSSR count). The van der Waals surface area contributed by atoms with E-state index in [0.717, 1.165) is 0 Å². The van der Waals surface area contributed by atoms with E-state index in [2.05, 4.69) is 15.0 Å². The number of nitrogens with zero attached hydrogens (tertiary/aromatic N) is 3. The van der Waals surface area contributed by atoms with Crippen LogP contribution >= 0.6 is 0 Å². The van der Waals surface area contributed by atoms with Crippen LogP contribution in [0.15, 0.2) is 17.4 Å². The number of fused-ring (bicyclic) bond motifs is 1. The predicted octanol–water partition coefficient (Wildman–Crippen LogP) is -0.556. The molecule has 1 saturated heterocycles. The lowest BCUT2D eigenvalue weighted by Gasteiger charge is -2.23. The Morgan fingerprint density at radius 1 is 1.11 bits per heavy atom. The monoisotopic (exact) mass is 394 g/mol. The highest BCUT2D eigenvalue weighted by Crippen LogP contribution is 2.35. The number of ether oxygens (including phenoxy) is 4. The fourth-order valence-corrected chi connectivity index (χ4v) is 2.99. The van der Waals surface area contributed by atoms with Gasteiger partial charge in [0.1, 0.15) is 19.0 Å². The second-order valence-electron chi connectivity index (χ2n) is 6.07. The Labute approximate surface area is 157 Å². The number of esters is 3. The molecule has 1 N–H and O–H groups in total. The molecule has 12 heteroatoms. The average Bonchev–Trinajstić information content (AvgIpc) is 3.16. The predicted molar refractivity (Wildman–Crippen MR) is 89.8 cm³/mol. The summed E-state index contributed by atoms with van der Waals surface area (Å²) in [6, 6.07) is 0. The van der Waals surface area contributed by atoms with Crippen molar-refractivity contribution in [1.29, 1.82) is 0 Å². The lowest BCUT2D eigenvalue weighted by atomic mass is 10.1. The fraction of sp³-hybridized carbons (Fsp3) is 0.500. The zero-order valence-electron chi connectivity index (χ0n) is 15.3. The highest BCUT2D eigenvalue weighted by molar-refractivity contribution is 5.70. The normalized spacial score (nSPS) is 24.1. The van der Waals surface area contributed by atoms with Crippen molar-refractivity contribution >= 4 is 29.1 Å². The van der Waals surface area contributed by atoms with Gasteiger partial charge in [0.25, 0.3) is 5.56 Å². The van der Waals surface area contributed by atoms with Crippen LogP contribution in [0.25, 0.3) is 11.2 Å². The molecular formula is C16H18N4O8. The molecule has 12 nitrogen and oxygen atoms in total. The maximum Gasteiger partial charge on any atom is 0.303 e. The van der Waals surface area contributed by atoms with Crippen molar-refractivity contribution in [1.82, 2.24) is 19.5 Å². The van der Waals surface area contributed by atoms with E-state index in [1.54, 1.807) is 0 Å². The molecule has 3 heterocycles. The van der Waals surface area contributed by atoms with Crippen molar-refractivity contribution in [2.45, 2.75) is 45.3 Å². The first-order chi connectivity index (χ1) is 13.3. The molecule has 0 spiro atoms. The molecule has 0 unspecified atom stereocenters. The molecule has 1 aliphatic rings. The number of H-pyrrole nitrogens is 1. The number of carbonyl (C=O) groups is 3. The van der Waals surface area contributed by atoms with Gasteiger partial charge in [0.05, 0.1) is 6.33 Å². The fourth-order valence-electron chi connectivity index (χ4n) is 2.99. The second-order valence-corrected chi connectivity index (χ2v) is 6.07. The first kappa shape index (κ1) is 19.5. The molecule has 0 radical (unpaired) electrons. The average molecular weight is 394 g/mol. The van der Waals surface area contributed by atoms with E-state index < -0.39 is 48.0 Å². The summed E-state index contributed by atoms with van der Waals surface area (Å²) in [4.78, 5) is 57.0. The van der Waals surface area contributed by atoms with Crippen LogP contribution in [0.5, 0.6) is 0 Å². The first-order valence-corrected chi connectivity index (χ1v) is 8.31. The maximum absolute atomic E-state index is 12.2. The van der Waals surface area contributed by atoms with E-state index in [1.165, 1.54) is 38.0 Å². The van der Waals surface area contributed by atoms with Gasteiger partial charge in [0.15, 0.2) is 29.6 Å². The number of imidazole rings is 1. The molecule has 2 aromatic rings. The molecule has 150 valence electrons. The quantitative estimate of drug-likeness (QED) is 0.516. The van der Waals surface area contributed by atoms with Gasteiger partial charge in [-0.2, -0.15) is 0 Å². The Balaban J connectivity index is 2.03. The Kier molecular flexibility index (Phi) is 5.40. The third kappa shape index (κ3) is 3.86. The minimum Gasteiger partial charge on any atom is -0.463 e. The molecule has 4 atom stereocenters. The second kappa shape index (κ2) is 7.76. The Bertz CT molecular complexity index is 967. The summed E-state index contributed by atoms with van der Waals surface area (Å²) in [6.45, 7) is 3.33. The van der Waals surface area contributed by atoms with Crippen LogP contribution in [-0.2, 0) is 33.3 Å². The molecule has 0 amide bonds. The summed E-state index contributed by atoms with van der Waals surface area (Å²) in [5, 5.41) is 0. The topological polar surface area (TPSA) is 152 Å². The van der Waals surface area contributed by atoms with Crippen molar-refractivity contribution < 1.29 is 33.3 Å². The molecule has 0 bridgehead atoms. The standard InChI is InChI=1S/C16H18N4O8/c1-7(21)25-4-10-12(26-8(2)22)13(27-9(3)23)16(28-10)20-6-19-14-11(20)15(24)18-5-17-14/h5-6,10,12-13,16H,4H2,1-3H3,(H,17,18,24)/t10-,12-,13-,16+/m0/s1. The SMILES string of the molecule is CC(=O)OC[C@@H]1O[C@@H](n2cnc3nc[nH]c(=O)c32)[C@@H](OC(C)=O)[C@H]1OC(C)=O. The van der Waals surface area contributed by atoms with Gasteiger partial charge in [-0.15, -0.1) is 0 Å². The minimum atomic E-state index is -1.11. The highest BCUT2D eigenvalue weighted by Gasteiger charge is 2.51. The highest BCUT2D eigenvalue weighted by atomic mass is 16.7. The summed E-state index contributed by atoms with van der Waals surface area (Å²) in [6.07, 6.45) is -1.68. The van der Waals surface area contributed by atoms with Crippen LogP contribution in [0.4, 0.5) is 0 Å². The van der Waals surface area contributed by atoms with Gasteiger partial charge < -0.3 is 23.9 Å². The first-order valence-electron chi connectivity index (χ1n) is 8.31. The summed E-state index contributed by atoms with van der Waals surface area (Å²) < 4.78 is 22.8. The Hall–Kier alpha value is -3.28.